The third-order valence-corrected chi connectivity index (χ3v) is 4.60. The van der Waals surface area contributed by atoms with E-state index in [2.05, 4.69) is 11.8 Å². The van der Waals surface area contributed by atoms with E-state index in [1.54, 1.807) is 11.8 Å². The van der Waals surface area contributed by atoms with Crippen LogP contribution >= 0.6 is 0 Å². The standard InChI is InChI=1S/C15H28N2O2/c1-12-4-3-5-14(10-12)11-16-6-8-17(9-7-16)15(19)13(2)18/h12-14,18H,3-11H2,1-2H3. The lowest BCUT2D eigenvalue weighted by atomic mass is 9.82. The second-order valence-electron chi connectivity index (χ2n) is 6.44. The molecule has 0 spiro atoms. The molecule has 1 aliphatic heterocycles. The van der Waals surface area contributed by atoms with Crippen LogP contribution in [0.4, 0.5) is 0 Å². The van der Waals surface area contributed by atoms with Crippen LogP contribution in [-0.2, 0) is 4.79 Å². The van der Waals surface area contributed by atoms with Gasteiger partial charge in [-0.15, -0.1) is 0 Å². The molecule has 4 heteroatoms. The highest BCUT2D eigenvalue weighted by atomic mass is 16.3. The van der Waals surface area contributed by atoms with Crippen molar-refractivity contribution >= 4 is 5.91 Å². The maximum atomic E-state index is 11.7. The van der Waals surface area contributed by atoms with Crippen LogP contribution < -0.4 is 0 Å². The Labute approximate surface area is 116 Å². The monoisotopic (exact) mass is 268 g/mol. The van der Waals surface area contributed by atoms with Crippen LogP contribution in [0, 0.1) is 11.8 Å². The molecular weight excluding hydrogens is 240 g/mol. The summed E-state index contributed by atoms with van der Waals surface area (Å²) in [6.07, 6.45) is 4.66. The third kappa shape index (κ3) is 4.18. The fourth-order valence-corrected chi connectivity index (χ4v) is 3.51. The average molecular weight is 268 g/mol. The molecule has 0 aromatic rings. The van der Waals surface area contributed by atoms with Gasteiger partial charge in [-0.05, 0) is 31.6 Å². The minimum atomic E-state index is -0.856. The molecule has 2 aliphatic rings. The smallest absolute Gasteiger partial charge is 0.251 e. The van der Waals surface area contributed by atoms with Crippen molar-refractivity contribution in [2.75, 3.05) is 32.7 Å². The number of aliphatic hydroxyl groups is 1. The molecule has 3 atom stereocenters. The van der Waals surface area contributed by atoms with Gasteiger partial charge < -0.3 is 10.0 Å². The Hall–Kier alpha value is -0.610. The van der Waals surface area contributed by atoms with Crippen molar-refractivity contribution < 1.29 is 9.90 Å². The summed E-state index contributed by atoms with van der Waals surface area (Å²) in [4.78, 5) is 16.0. The summed E-state index contributed by atoms with van der Waals surface area (Å²) in [7, 11) is 0. The average Bonchev–Trinajstić information content (AvgIpc) is 2.39. The van der Waals surface area contributed by atoms with E-state index in [-0.39, 0.29) is 5.91 Å². The molecule has 110 valence electrons. The van der Waals surface area contributed by atoms with E-state index >= 15 is 0 Å². The van der Waals surface area contributed by atoms with Crippen LogP contribution in [0.3, 0.4) is 0 Å². The van der Waals surface area contributed by atoms with Crippen molar-refractivity contribution in [1.82, 2.24) is 9.80 Å². The molecule has 0 aromatic heterocycles. The number of rotatable bonds is 3. The first-order valence-electron chi connectivity index (χ1n) is 7.75. The van der Waals surface area contributed by atoms with Gasteiger partial charge in [0.05, 0.1) is 0 Å². The maximum absolute atomic E-state index is 11.7. The fourth-order valence-electron chi connectivity index (χ4n) is 3.51. The molecule has 4 nitrogen and oxygen atoms in total. The van der Waals surface area contributed by atoms with E-state index in [9.17, 15) is 9.90 Å². The van der Waals surface area contributed by atoms with Crippen LogP contribution in [-0.4, -0.2) is 59.6 Å². The van der Waals surface area contributed by atoms with Gasteiger partial charge in [0, 0.05) is 32.7 Å². The number of hydrogen-bond donors (Lipinski definition) is 1. The minimum Gasteiger partial charge on any atom is -0.384 e. The minimum absolute atomic E-state index is 0.120. The first-order chi connectivity index (χ1) is 9.06. The van der Waals surface area contributed by atoms with Gasteiger partial charge in [-0.3, -0.25) is 9.69 Å². The highest BCUT2D eigenvalue weighted by Crippen LogP contribution is 2.29. The Morgan fingerprint density at radius 2 is 1.95 bits per heavy atom. The lowest BCUT2D eigenvalue weighted by Gasteiger charge is -2.38. The topological polar surface area (TPSA) is 43.8 Å². The Balaban J connectivity index is 1.72. The molecule has 19 heavy (non-hydrogen) atoms. The molecular formula is C15H28N2O2. The predicted molar refractivity (Wildman–Crippen MR) is 75.8 cm³/mol. The summed E-state index contributed by atoms with van der Waals surface area (Å²) in [6.45, 7) is 8.58. The molecule has 3 unspecified atom stereocenters. The molecule has 1 saturated heterocycles. The first-order valence-corrected chi connectivity index (χ1v) is 7.75. The summed E-state index contributed by atoms with van der Waals surface area (Å²) in [5.74, 6) is 1.62. The molecule has 1 N–H and O–H groups in total. The highest BCUT2D eigenvalue weighted by molar-refractivity contribution is 5.80. The summed E-state index contributed by atoms with van der Waals surface area (Å²) in [6, 6.07) is 0. The number of aliphatic hydroxyl groups excluding tert-OH is 1. The summed E-state index contributed by atoms with van der Waals surface area (Å²) >= 11 is 0. The fraction of sp³-hybridized carbons (Fsp3) is 0.933. The molecule has 0 bridgehead atoms. The molecule has 2 rings (SSSR count). The number of nitrogens with zero attached hydrogens (tertiary/aromatic N) is 2. The zero-order valence-corrected chi connectivity index (χ0v) is 12.3. The first kappa shape index (κ1) is 14.8. The molecule has 0 aromatic carbocycles. The van der Waals surface area contributed by atoms with Gasteiger partial charge in [-0.1, -0.05) is 19.8 Å². The zero-order chi connectivity index (χ0) is 13.8. The van der Waals surface area contributed by atoms with Crippen molar-refractivity contribution in [3.8, 4) is 0 Å². The second kappa shape index (κ2) is 6.71. The van der Waals surface area contributed by atoms with E-state index in [1.807, 2.05) is 0 Å². The Kier molecular flexibility index (Phi) is 5.22. The van der Waals surface area contributed by atoms with E-state index in [0.717, 1.165) is 38.0 Å². The van der Waals surface area contributed by atoms with Crippen molar-refractivity contribution in [2.24, 2.45) is 11.8 Å². The van der Waals surface area contributed by atoms with Crippen molar-refractivity contribution in [3.63, 3.8) is 0 Å². The quantitative estimate of drug-likeness (QED) is 0.840. The van der Waals surface area contributed by atoms with Gasteiger partial charge in [0.25, 0.3) is 5.91 Å². The van der Waals surface area contributed by atoms with Gasteiger partial charge in [0.1, 0.15) is 6.10 Å². The van der Waals surface area contributed by atoms with Crippen LogP contribution in [0.2, 0.25) is 0 Å². The van der Waals surface area contributed by atoms with Crippen LogP contribution in [0.15, 0.2) is 0 Å². The van der Waals surface area contributed by atoms with E-state index < -0.39 is 6.10 Å². The Bertz CT molecular complexity index is 299. The largest absolute Gasteiger partial charge is 0.384 e. The van der Waals surface area contributed by atoms with Crippen LogP contribution in [0.5, 0.6) is 0 Å². The van der Waals surface area contributed by atoms with Crippen LogP contribution in [0.25, 0.3) is 0 Å². The lowest BCUT2D eigenvalue weighted by molar-refractivity contribution is -0.141. The van der Waals surface area contributed by atoms with Gasteiger partial charge in [-0.25, -0.2) is 0 Å². The summed E-state index contributed by atoms with van der Waals surface area (Å²) in [5, 5.41) is 9.32. The van der Waals surface area contributed by atoms with Gasteiger partial charge in [0.2, 0.25) is 0 Å². The van der Waals surface area contributed by atoms with Gasteiger partial charge in [-0.2, -0.15) is 0 Å². The summed E-state index contributed by atoms with van der Waals surface area (Å²) < 4.78 is 0. The molecule has 2 fully saturated rings. The number of carbonyl (C=O) groups is 1. The molecule has 0 radical (unpaired) electrons. The van der Waals surface area contributed by atoms with Crippen molar-refractivity contribution in [1.29, 1.82) is 0 Å². The van der Waals surface area contributed by atoms with Crippen molar-refractivity contribution in [3.05, 3.63) is 0 Å². The SMILES string of the molecule is CC1CCCC(CN2CCN(C(=O)C(C)O)CC2)C1. The number of carbonyl (C=O) groups excluding carboxylic acids is 1. The number of amides is 1. The third-order valence-electron chi connectivity index (χ3n) is 4.60. The van der Waals surface area contributed by atoms with E-state index in [0.29, 0.717) is 0 Å². The van der Waals surface area contributed by atoms with Crippen LogP contribution in [0.1, 0.15) is 39.5 Å². The molecule has 1 amide bonds. The molecule has 1 heterocycles. The molecule has 1 saturated carbocycles. The zero-order valence-electron chi connectivity index (χ0n) is 12.3. The normalized spacial score (nSPS) is 31.2. The lowest BCUT2D eigenvalue weighted by Crippen LogP contribution is -2.52. The maximum Gasteiger partial charge on any atom is 0.251 e. The van der Waals surface area contributed by atoms with E-state index in [4.69, 9.17) is 0 Å². The number of piperazine rings is 1. The molecule has 1 aliphatic carbocycles. The predicted octanol–water partition coefficient (Wildman–Crippen LogP) is 1.34. The van der Waals surface area contributed by atoms with Gasteiger partial charge in [0.15, 0.2) is 0 Å². The van der Waals surface area contributed by atoms with E-state index in [1.165, 1.54) is 32.2 Å². The van der Waals surface area contributed by atoms with Gasteiger partial charge >= 0.3 is 0 Å². The van der Waals surface area contributed by atoms with Crippen molar-refractivity contribution in [2.45, 2.75) is 45.6 Å². The Morgan fingerprint density at radius 3 is 2.53 bits per heavy atom. The summed E-state index contributed by atoms with van der Waals surface area (Å²) in [5.41, 5.74) is 0. The second-order valence-corrected chi connectivity index (χ2v) is 6.44. The highest BCUT2D eigenvalue weighted by Gasteiger charge is 2.26. The Morgan fingerprint density at radius 1 is 1.26 bits per heavy atom. The number of hydrogen-bond acceptors (Lipinski definition) is 3.